The van der Waals surface area contributed by atoms with E-state index in [4.69, 9.17) is 4.74 Å². The molecule has 2 aromatic rings. The number of hydrogen-bond donors (Lipinski definition) is 0. The molecule has 1 aliphatic carbocycles. The summed E-state index contributed by atoms with van der Waals surface area (Å²) in [5.41, 5.74) is 1.40. The van der Waals surface area contributed by atoms with Gasteiger partial charge in [-0.3, -0.25) is 0 Å². The summed E-state index contributed by atoms with van der Waals surface area (Å²) in [5, 5.41) is 8.53. The van der Waals surface area contributed by atoms with Gasteiger partial charge in [-0.1, -0.05) is 97.3 Å². The van der Waals surface area contributed by atoms with E-state index in [-0.39, 0.29) is 11.3 Å². The van der Waals surface area contributed by atoms with Crippen LogP contribution in [0.25, 0.3) is 11.3 Å². The number of rotatable bonds is 16. The molecule has 1 aliphatic rings. The van der Waals surface area contributed by atoms with Crippen LogP contribution in [0.15, 0.2) is 24.3 Å². The van der Waals surface area contributed by atoms with Crippen molar-refractivity contribution in [1.82, 2.24) is 10.2 Å². The summed E-state index contributed by atoms with van der Waals surface area (Å²) in [6.45, 7) is 4.83. The van der Waals surface area contributed by atoms with E-state index in [1.807, 2.05) is 6.07 Å². The van der Waals surface area contributed by atoms with Gasteiger partial charge < -0.3 is 4.74 Å². The maximum absolute atomic E-state index is 14.7. The number of ether oxygens (including phenoxy) is 1. The van der Waals surface area contributed by atoms with Crippen LogP contribution in [-0.4, -0.2) is 16.8 Å². The molecule has 1 aromatic heterocycles. The van der Waals surface area contributed by atoms with Crippen LogP contribution in [-0.2, 0) is 6.42 Å². The van der Waals surface area contributed by atoms with E-state index in [0.29, 0.717) is 12.3 Å². The molecule has 1 fully saturated rings. The van der Waals surface area contributed by atoms with E-state index in [1.54, 1.807) is 6.07 Å². The van der Waals surface area contributed by atoms with E-state index in [2.05, 4.69) is 24.0 Å². The zero-order chi connectivity index (χ0) is 25.6. The van der Waals surface area contributed by atoms with Crippen molar-refractivity contribution < 1.29 is 13.5 Å². The molecule has 3 nitrogen and oxygen atoms in total. The fourth-order valence-electron chi connectivity index (χ4n) is 5.39. The predicted octanol–water partition coefficient (Wildman–Crippen LogP) is 9.48. The SMILES string of the molecule is CCCCCCCOc1ccc(-c2ccc(CCC3CCC(CCCCCC)CC3)nn2)c(F)c1F. The van der Waals surface area contributed by atoms with Crippen molar-refractivity contribution in [2.75, 3.05) is 6.61 Å². The molecule has 0 spiro atoms. The standard InChI is InChI=1S/C31H46F2N2O/c1-3-5-7-9-11-23-36-29-22-20-27(30(32)31(29)33)28-21-19-26(34-35-28)18-17-25-15-13-24(14-16-25)12-10-8-6-4-2/h19-22,24-25H,3-18,23H2,1-2H3. The van der Waals surface area contributed by atoms with Gasteiger partial charge in [0.25, 0.3) is 0 Å². The number of unbranched alkanes of at least 4 members (excludes halogenated alkanes) is 7. The van der Waals surface area contributed by atoms with E-state index < -0.39 is 11.6 Å². The molecule has 36 heavy (non-hydrogen) atoms. The Morgan fingerprint density at radius 3 is 2.06 bits per heavy atom. The van der Waals surface area contributed by atoms with Crippen molar-refractivity contribution in [2.45, 2.75) is 117 Å². The van der Waals surface area contributed by atoms with Crippen LogP contribution in [0, 0.1) is 23.5 Å². The minimum atomic E-state index is -0.951. The van der Waals surface area contributed by atoms with Crippen LogP contribution >= 0.6 is 0 Å². The second-order valence-electron chi connectivity index (χ2n) is 10.7. The number of aromatic nitrogens is 2. The highest BCUT2D eigenvalue weighted by Gasteiger charge is 2.21. The number of aryl methyl sites for hydroxylation is 1. The van der Waals surface area contributed by atoms with E-state index in [1.165, 1.54) is 82.8 Å². The lowest BCUT2D eigenvalue weighted by atomic mass is 9.78. The van der Waals surface area contributed by atoms with E-state index in [9.17, 15) is 8.78 Å². The van der Waals surface area contributed by atoms with Gasteiger partial charge >= 0.3 is 0 Å². The molecule has 0 atom stereocenters. The van der Waals surface area contributed by atoms with Crippen molar-refractivity contribution in [1.29, 1.82) is 0 Å². The zero-order valence-electron chi connectivity index (χ0n) is 22.5. The summed E-state index contributed by atoms with van der Waals surface area (Å²) in [6.07, 6.45) is 19.7. The van der Waals surface area contributed by atoms with Gasteiger partial charge in [0.1, 0.15) is 0 Å². The minimum absolute atomic E-state index is 0.0352. The van der Waals surface area contributed by atoms with Gasteiger partial charge in [0, 0.05) is 5.56 Å². The predicted molar refractivity (Wildman–Crippen MR) is 144 cm³/mol. The molecule has 0 amide bonds. The first-order chi connectivity index (χ1) is 17.6. The van der Waals surface area contributed by atoms with Gasteiger partial charge in [-0.15, -0.1) is 0 Å². The lowest BCUT2D eigenvalue weighted by Gasteiger charge is -2.28. The van der Waals surface area contributed by atoms with Crippen molar-refractivity contribution in [2.24, 2.45) is 11.8 Å². The molecule has 200 valence electrons. The molecule has 0 aliphatic heterocycles. The van der Waals surface area contributed by atoms with Crippen LogP contribution in [0.3, 0.4) is 0 Å². The third-order valence-electron chi connectivity index (χ3n) is 7.79. The number of hydrogen-bond acceptors (Lipinski definition) is 3. The largest absolute Gasteiger partial charge is 0.490 e. The highest BCUT2D eigenvalue weighted by molar-refractivity contribution is 5.61. The fraction of sp³-hybridized carbons (Fsp3) is 0.677. The van der Waals surface area contributed by atoms with Gasteiger partial charge in [-0.25, -0.2) is 4.39 Å². The molecule has 0 unspecified atom stereocenters. The first-order valence-corrected chi connectivity index (χ1v) is 14.6. The third-order valence-corrected chi connectivity index (χ3v) is 7.79. The number of benzene rings is 1. The van der Waals surface area contributed by atoms with Crippen molar-refractivity contribution in [3.8, 4) is 17.0 Å². The summed E-state index contributed by atoms with van der Waals surface area (Å²) in [6, 6.07) is 6.69. The monoisotopic (exact) mass is 500 g/mol. The number of halogens is 2. The minimum Gasteiger partial charge on any atom is -0.490 e. The zero-order valence-corrected chi connectivity index (χ0v) is 22.5. The maximum Gasteiger partial charge on any atom is 0.201 e. The first-order valence-electron chi connectivity index (χ1n) is 14.6. The van der Waals surface area contributed by atoms with Crippen molar-refractivity contribution in [3.05, 3.63) is 41.6 Å². The van der Waals surface area contributed by atoms with E-state index >= 15 is 0 Å². The molecule has 0 bridgehead atoms. The Hall–Kier alpha value is -2.04. The summed E-state index contributed by atoms with van der Waals surface area (Å²) < 4.78 is 34.8. The molecule has 1 heterocycles. The topological polar surface area (TPSA) is 35.0 Å². The molecule has 5 heteroatoms. The molecule has 1 aromatic carbocycles. The Balaban J connectivity index is 1.43. The average molecular weight is 501 g/mol. The highest BCUT2D eigenvalue weighted by atomic mass is 19.2. The van der Waals surface area contributed by atoms with Crippen LogP contribution in [0.4, 0.5) is 8.78 Å². The van der Waals surface area contributed by atoms with Gasteiger partial charge in [0.15, 0.2) is 11.6 Å². The summed E-state index contributed by atoms with van der Waals surface area (Å²) in [5.74, 6) is -0.217. The van der Waals surface area contributed by atoms with Gasteiger partial charge in [0.2, 0.25) is 5.82 Å². The summed E-state index contributed by atoms with van der Waals surface area (Å²) in [4.78, 5) is 0. The normalized spacial score (nSPS) is 17.9. The molecular formula is C31H46F2N2O. The molecular weight excluding hydrogens is 454 g/mol. The summed E-state index contributed by atoms with van der Waals surface area (Å²) in [7, 11) is 0. The summed E-state index contributed by atoms with van der Waals surface area (Å²) >= 11 is 0. The van der Waals surface area contributed by atoms with Crippen LogP contribution in [0.2, 0.25) is 0 Å². The lowest BCUT2D eigenvalue weighted by molar-refractivity contribution is 0.248. The maximum atomic E-state index is 14.7. The van der Waals surface area contributed by atoms with Gasteiger partial charge in [0.05, 0.1) is 18.0 Å². The number of nitrogens with zero attached hydrogens (tertiary/aromatic N) is 2. The second kappa shape index (κ2) is 15.9. The van der Waals surface area contributed by atoms with Crippen molar-refractivity contribution in [3.63, 3.8) is 0 Å². The lowest BCUT2D eigenvalue weighted by Crippen LogP contribution is -2.15. The van der Waals surface area contributed by atoms with Crippen LogP contribution in [0.1, 0.15) is 116 Å². The highest BCUT2D eigenvalue weighted by Crippen LogP contribution is 2.34. The Kier molecular flexibility index (Phi) is 12.6. The third kappa shape index (κ3) is 9.12. The van der Waals surface area contributed by atoms with Gasteiger partial charge in [-0.2, -0.15) is 14.6 Å². The van der Waals surface area contributed by atoms with Crippen LogP contribution in [0.5, 0.6) is 5.75 Å². The fourth-order valence-corrected chi connectivity index (χ4v) is 5.39. The molecule has 3 rings (SSSR count). The smallest absolute Gasteiger partial charge is 0.201 e. The Morgan fingerprint density at radius 2 is 1.39 bits per heavy atom. The van der Waals surface area contributed by atoms with Crippen LogP contribution < -0.4 is 4.74 Å². The average Bonchev–Trinajstić information content (AvgIpc) is 2.91. The Bertz CT molecular complexity index is 879. The molecule has 0 saturated heterocycles. The Labute approximate surface area is 217 Å². The molecule has 0 radical (unpaired) electrons. The molecule has 1 saturated carbocycles. The van der Waals surface area contributed by atoms with Gasteiger partial charge in [-0.05, 0) is 55.4 Å². The van der Waals surface area contributed by atoms with E-state index in [0.717, 1.165) is 49.6 Å². The molecule has 0 N–H and O–H groups in total. The van der Waals surface area contributed by atoms with Crippen molar-refractivity contribution >= 4 is 0 Å². The first kappa shape index (κ1) is 28.5. The quantitative estimate of drug-likeness (QED) is 0.215. The second-order valence-corrected chi connectivity index (χ2v) is 10.7. The Morgan fingerprint density at radius 1 is 0.722 bits per heavy atom.